The van der Waals surface area contributed by atoms with Crippen LogP contribution in [0.25, 0.3) is 0 Å². The average Bonchev–Trinajstić information content (AvgIpc) is 2.24. The summed E-state index contributed by atoms with van der Waals surface area (Å²) in [6, 6.07) is -1.30. The molecule has 0 radical (unpaired) electrons. The molecule has 0 aliphatic carbocycles. The molecule has 9 heteroatoms. The molecule has 106 valence electrons. The number of carbonyl (C=O) groups is 2. The highest BCUT2D eigenvalue weighted by Gasteiger charge is 2.30. The molecule has 0 aliphatic heterocycles. The van der Waals surface area contributed by atoms with E-state index in [1.807, 2.05) is 5.32 Å². The third-order valence-electron chi connectivity index (χ3n) is 1.80. The first-order chi connectivity index (χ1) is 8.26. The first-order valence-corrected chi connectivity index (χ1v) is 4.98. The van der Waals surface area contributed by atoms with Gasteiger partial charge in [-0.25, -0.2) is 9.59 Å². The van der Waals surface area contributed by atoms with Crippen LogP contribution in [-0.4, -0.2) is 49.7 Å². The van der Waals surface area contributed by atoms with E-state index in [1.54, 1.807) is 0 Å². The van der Waals surface area contributed by atoms with E-state index in [-0.39, 0.29) is 13.0 Å². The van der Waals surface area contributed by atoms with Gasteiger partial charge in [0.05, 0.1) is 0 Å². The molecule has 0 aromatic rings. The number of alkyl halides is 3. The number of alkyl carbamates (subject to hydrolysis) is 1. The van der Waals surface area contributed by atoms with Gasteiger partial charge in [0, 0.05) is 13.7 Å². The summed E-state index contributed by atoms with van der Waals surface area (Å²) in [7, 11) is 1.42. The first-order valence-electron chi connectivity index (χ1n) is 4.98. The number of nitrogens with one attached hydrogen (secondary N) is 1. The van der Waals surface area contributed by atoms with Crippen LogP contribution in [0.15, 0.2) is 0 Å². The fraction of sp³-hybridized carbons (Fsp3) is 0.778. The summed E-state index contributed by atoms with van der Waals surface area (Å²) in [6.07, 6.45) is -5.69. The van der Waals surface area contributed by atoms with Crippen molar-refractivity contribution in [1.82, 2.24) is 5.32 Å². The van der Waals surface area contributed by atoms with E-state index < -0.39 is 30.9 Å². The predicted molar refractivity (Wildman–Crippen MR) is 53.1 cm³/mol. The van der Waals surface area contributed by atoms with Gasteiger partial charge < -0.3 is 19.9 Å². The summed E-state index contributed by atoms with van der Waals surface area (Å²) in [5.74, 6) is -1.35. The molecular weight excluding hydrogens is 259 g/mol. The molecule has 0 spiro atoms. The highest BCUT2D eigenvalue weighted by molar-refractivity contribution is 5.79. The van der Waals surface area contributed by atoms with Gasteiger partial charge in [0.2, 0.25) is 0 Å². The van der Waals surface area contributed by atoms with Crippen LogP contribution >= 0.6 is 0 Å². The minimum atomic E-state index is -4.65. The topological polar surface area (TPSA) is 84.9 Å². The van der Waals surface area contributed by atoms with Gasteiger partial charge in [0.25, 0.3) is 0 Å². The van der Waals surface area contributed by atoms with Crippen LogP contribution in [0, 0.1) is 0 Å². The molecule has 0 bridgehead atoms. The SMILES string of the molecule is COCCCC(NC(=O)OCC(F)(F)F)C(=O)O. The van der Waals surface area contributed by atoms with Crippen LogP contribution in [0.3, 0.4) is 0 Å². The normalized spacial score (nSPS) is 12.9. The Morgan fingerprint density at radius 1 is 1.39 bits per heavy atom. The number of halogens is 3. The highest BCUT2D eigenvalue weighted by atomic mass is 19.4. The van der Waals surface area contributed by atoms with Crippen molar-refractivity contribution in [1.29, 1.82) is 0 Å². The van der Waals surface area contributed by atoms with Crippen molar-refractivity contribution in [3.63, 3.8) is 0 Å². The molecule has 0 fully saturated rings. The maximum Gasteiger partial charge on any atom is 0.422 e. The lowest BCUT2D eigenvalue weighted by Crippen LogP contribution is -2.42. The van der Waals surface area contributed by atoms with Gasteiger partial charge in [-0.1, -0.05) is 0 Å². The minimum Gasteiger partial charge on any atom is -0.480 e. The van der Waals surface area contributed by atoms with Crippen molar-refractivity contribution in [3.8, 4) is 0 Å². The van der Waals surface area contributed by atoms with E-state index in [2.05, 4.69) is 9.47 Å². The third-order valence-corrected chi connectivity index (χ3v) is 1.80. The lowest BCUT2D eigenvalue weighted by molar-refractivity contribution is -0.160. The van der Waals surface area contributed by atoms with E-state index in [4.69, 9.17) is 5.11 Å². The van der Waals surface area contributed by atoms with Crippen molar-refractivity contribution >= 4 is 12.1 Å². The summed E-state index contributed by atoms with van der Waals surface area (Å²) in [5.41, 5.74) is 0. The Bertz CT molecular complexity index is 282. The van der Waals surface area contributed by atoms with Crippen LogP contribution in [-0.2, 0) is 14.3 Å². The van der Waals surface area contributed by atoms with Crippen molar-refractivity contribution in [3.05, 3.63) is 0 Å². The van der Waals surface area contributed by atoms with Gasteiger partial charge in [-0.05, 0) is 12.8 Å². The van der Waals surface area contributed by atoms with Crippen molar-refractivity contribution in [2.24, 2.45) is 0 Å². The lowest BCUT2D eigenvalue weighted by atomic mass is 10.1. The summed E-state index contributed by atoms with van der Waals surface area (Å²) >= 11 is 0. The van der Waals surface area contributed by atoms with E-state index in [0.29, 0.717) is 6.42 Å². The summed E-state index contributed by atoms with van der Waals surface area (Å²) in [6.45, 7) is -1.48. The van der Waals surface area contributed by atoms with Crippen LogP contribution in [0.5, 0.6) is 0 Å². The number of ether oxygens (including phenoxy) is 2. The minimum absolute atomic E-state index is 0.0320. The summed E-state index contributed by atoms with van der Waals surface area (Å²) in [4.78, 5) is 21.6. The Labute approximate surface area is 101 Å². The molecule has 0 rings (SSSR count). The Kier molecular flexibility index (Phi) is 7.10. The maximum atomic E-state index is 11.7. The average molecular weight is 273 g/mol. The van der Waals surface area contributed by atoms with Crippen LogP contribution in [0.4, 0.5) is 18.0 Å². The van der Waals surface area contributed by atoms with Crippen molar-refractivity contribution in [2.75, 3.05) is 20.3 Å². The van der Waals surface area contributed by atoms with Gasteiger partial charge in [-0.3, -0.25) is 0 Å². The maximum absolute atomic E-state index is 11.7. The number of hydrogen-bond acceptors (Lipinski definition) is 4. The third kappa shape index (κ3) is 8.62. The zero-order valence-corrected chi connectivity index (χ0v) is 9.62. The molecule has 0 aromatic carbocycles. The number of hydrogen-bond donors (Lipinski definition) is 2. The predicted octanol–water partition coefficient (Wildman–Crippen LogP) is 1.15. The number of methoxy groups -OCH3 is 1. The molecule has 0 heterocycles. The zero-order chi connectivity index (χ0) is 14.2. The molecular formula is C9H14F3NO5. The van der Waals surface area contributed by atoms with Crippen molar-refractivity contribution < 1.29 is 37.3 Å². The van der Waals surface area contributed by atoms with E-state index in [9.17, 15) is 22.8 Å². The Balaban J connectivity index is 4.08. The molecule has 0 saturated carbocycles. The smallest absolute Gasteiger partial charge is 0.422 e. The number of amides is 1. The molecule has 0 aliphatic rings. The van der Waals surface area contributed by atoms with E-state index in [1.165, 1.54) is 7.11 Å². The van der Waals surface area contributed by atoms with E-state index in [0.717, 1.165) is 0 Å². The monoisotopic (exact) mass is 273 g/mol. The highest BCUT2D eigenvalue weighted by Crippen LogP contribution is 2.14. The molecule has 0 aromatic heterocycles. The fourth-order valence-electron chi connectivity index (χ4n) is 1.02. The van der Waals surface area contributed by atoms with Gasteiger partial charge >= 0.3 is 18.2 Å². The molecule has 18 heavy (non-hydrogen) atoms. The second-order valence-corrected chi connectivity index (χ2v) is 3.36. The van der Waals surface area contributed by atoms with Gasteiger partial charge in [-0.15, -0.1) is 0 Å². The quantitative estimate of drug-likeness (QED) is 0.680. The largest absolute Gasteiger partial charge is 0.480 e. The Morgan fingerprint density at radius 2 is 2.00 bits per heavy atom. The van der Waals surface area contributed by atoms with E-state index >= 15 is 0 Å². The molecule has 2 N–H and O–H groups in total. The second-order valence-electron chi connectivity index (χ2n) is 3.36. The molecule has 1 unspecified atom stereocenters. The molecule has 6 nitrogen and oxygen atoms in total. The molecule has 0 saturated heterocycles. The van der Waals surface area contributed by atoms with Gasteiger partial charge in [-0.2, -0.15) is 13.2 Å². The Hall–Kier alpha value is -1.51. The first kappa shape index (κ1) is 16.5. The fourth-order valence-corrected chi connectivity index (χ4v) is 1.02. The van der Waals surface area contributed by atoms with Gasteiger partial charge in [0.15, 0.2) is 6.61 Å². The molecule has 1 atom stereocenters. The number of carboxylic acid groups (broad SMARTS) is 1. The zero-order valence-electron chi connectivity index (χ0n) is 9.62. The number of carbonyl (C=O) groups excluding carboxylic acids is 1. The molecule has 1 amide bonds. The lowest BCUT2D eigenvalue weighted by Gasteiger charge is -2.14. The summed E-state index contributed by atoms with van der Waals surface area (Å²) in [5, 5.41) is 10.5. The second kappa shape index (κ2) is 7.75. The van der Waals surface area contributed by atoms with Gasteiger partial charge in [0.1, 0.15) is 6.04 Å². The Morgan fingerprint density at radius 3 is 2.44 bits per heavy atom. The number of carboxylic acids is 1. The standard InChI is InChI=1S/C9H14F3NO5/c1-17-4-2-3-6(7(14)15)13-8(16)18-5-9(10,11)12/h6H,2-5H2,1H3,(H,13,16)(H,14,15). The van der Waals surface area contributed by atoms with Crippen LogP contribution < -0.4 is 5.32 Å². The number of aliphatic carboxylic acids is 1. The van der Waals surface area contributed by atoms with Crippen molar-refractivity contribution in [2.45, 2.75) is 25.1 Å². The van der Waals surface area contributed by atoms with Crippen LogP contribution in [0.1, 0.15) is 12.8 Å². The van der Waals surface area contributed by atoms with Crippen LogP contribution in [0.2, 0.25) is 0 Å². The number of rotatable bonds is 7. The summed E-state index contributed by atoms with van der Waals surface area (Å²) < 4.78 is 43.7.